The summed E-state index contributed by atoms with van der Waals surface area (Å²) in [5.74, 6) is 1.00. The smallest absolute Gasteiger partial charge is 0.264 e. The molecule has 2 aliphatic rings. The van der Waals surface area contributed by atoms with Crippen molar-refractivity contribution >= 4 is 66.4 Å². The first-order valence-corrected chi connectivity index (χ1v) is 23.3. The third-order valence-electron chi connectivity index (χ3n) is 11.8. The Bertz CT molecular complexity index is 2630. The van der Waals surface area contributed by atoms with Crippen molar-refractivity contribution in [1.82, 2.24) is 0 Å². The van der Waals surface area contributed by atoms with Crippen molar-refractivity contribution in [2.24, 2.45) is 0 Å². The van der Waals surface area contributed by atoms with Crippen molar-refractivity contribution in [2.75, 3.05) is 42.7 Å². The van der Waals surface area contributed by atoms with E-state index in [1.165, 1.54) is 21.9 Å². The molecule has 3 N–H and O–H groups in total. The minimum atomic E-state index is -4.14. The van der Waals surface area contributed by atoms with Crippen LogP contribution in [-0.2, 0) is 30.3 Å². The zero-order valence-corrected chi connectivity index (χ0v) is 36.8. The van der Waals surface area contributed by atoms with Gasteiger partial charge in [-0.25, -0.2) is 5.26 Å². The highest BCUT2D eigenvalue weighted by Crippen LogP contribution is 2.51. The monoisotopic (exact) mass is 863 g/mol. The maximum Gasteiger partial charge on any atom is 0.264 e. The molecule has 7 rings (SSSR count). The van der Waals surface area contributed by atoms with Crippen molar-refractivity contribution in [1.29, 1.82) is 0 Å². The summed E-state index contributed by atoms with van der Waals surface area (Å²) in [6.07, 6.45) is 11.1. The van der Waals surface area contributed by atoms with Crippen LogP contribution in [0.25, 0.3) is 27.1 Å². The minimum Gasteiger partial charge on any atom is -0.494 e. The van der Waals surface area contributed by atoms with Gasteiger partial charge >= 0.3 is 0 Å². The van der Waals surface area contributed by atoms with Gasteiger partial charge in [0.05, 0.1) is 17.8 Å². The number of unbranched alkanes of at least 4 members (excludes halogenated alkanes) is 1. The molecule has 0 fully saturated rings. The fraction of sp³-hybridized carbons (Fsp3) is 0.327. The van der Waals surface area contributed by atoms with Crippen molar-refractivity contribution in [2.45, 2.75) is 64.2 Å². The van der Waals surface area contributed by atoms with Crippen LogP contribution < -0.4 is 9.64 Å². The second-order valence-electron chi connectivity index (χ2n) is 16.6. The van der Waals surface area contributed by atoms with Crippen LogP contribution in [0.4, 0.5) is 11.4 Å². The van der Waals surface area contributed by atoms with Gasteiger partial charge in [0.2, 0.25) is 5.69 Å². The fourth-order valence-electron chi connectivity index (χ4n) is 9.05. The normalized spacial score (nSPS) is 16.7. The summed E-state index contributed by atoms with van der Waals surface area (Å²) in [6, 6.07) is 33.5. The van der Waals surface area contributed by atoms with E-state index < -0.39 is 15.5 Å². The molecule has 0 unspecified atom stereocenters. The highest BCUT2D eigenvalue weighted by atomic mass is 32.2. The van der Waals surface area contributed by atoms with E-state index >= 15 is 0 Å². The summed E-state index contributed by atoms with van der Waals surface area (Å²) in [5, 5.41) is 26.5. The first-order chi connectivity index (χ1) is 29.3. The molecule has 5 aromatic rings. The molecule has 0 saturated carbocycles. The topological polar surface area (TPSA) is 129 Å². The zero-order chi connectivity index (χ0) is 43.2. The number of hydrogen-bond acceptors (Lipinski definition) is 9. The molecule has 12 heteroatoms. The fourth-order valence-corrected chi connectivity index (χ4v) is 9.90. The third-order valence-corrected chi connectivity index (χ3v) is 13.2. The zero-order valence-electron chi connectivity index (χ0n) is 35.2. The number of fused-ring (bicyclic) bond motifs is 6. The number of aliphatic hydroxyl groups excluding tert-OH is 1. The molecule has 2 heterocycles. The number of anilines is 1. The van der Waals surface area contributed by atoms with E-state index in [2.05, 4.69) is 133 Å². The largest absolute Gasteiger partial charge is 0.494 e. The molecule has 5 aromatic carbocycles. The summed E-state index contributed by atoms with van der Waals surface area (Å²) in [6.45, 7) is 10.7. The van der Waals surface area contributed by atoms with Crippen LogP contribution in [-0.4, -0.2) is 71.4 Å². The summed E-state index contributed by atoms with van der Waals surface area (Å²) < 4.78 is 46.7. The van der Waals surface area contributed by atoms with E-state index in [1.807, 2.05) is 30.3 Å². The summed E-state index contributed by atoms with van der Waals surface area (Å²) >= 11 is 1.05. The number of ether oxygens (including phenoxy) is 1. The lowest BCUT2D eigenvalue weighted by Gasteiger charge is -2.27. The molecule has 0 radical (unpaired) electrons. The molecule has 0 aromatic heterocycles. The van der Waals surface area contributed by atoms with Gasteiger partial charge in [-0.3, -0.25) is 4.55 Å². The Hall–Kier alpha value is -4.79. The predicted octanol–water partition coefficient (Wildman–Crippen LogP) is 10.6. The van der Waals surface area contributed by atoms with Crippen LogP contribution in [0.2, 0.25) is 0 Å². The molecule has 2 aliphatic heterocycles. The summed E-state index contributed by atoms with van der Waals surface area (Å²) in [7, 11) is -4.14. The van der Waals surface area contributed by atoms with E-state index in [1.54, 1.807) is 0 Å². The summed E-state index contributed by atoms with van der Waals surface area (Å²) in [4.78, 5) is 2.20. The minimum absolute atomic E-state index is 0.119. The summed E-state index contributed by atoms with van der Waals surface area (Å²) in [5.41, 5.74) is 7.81. The number of hydrogen-bond donors (Lipinski definition) is 3. The molecule has 320 valence electrons. The molecular weight excluding hydrogens is 809 g/mol. The average molecular weight is 864 g/mol. The van der Waals surface area contributed by atoms with E-state index in [-0.39, 0.29) is 24.2 Å². The average Bonchev–Trinajstić information content (AvgIpc) is 3.60. The SMILES string of the molecule is CC1(C)C(/C=C/C(=C/C=C2/N(CCCS(=O)(=O)O)c3ccc4ccccc4c3C2(C)C)c2cccc(OCCCCO)c2)=[N+](CCCSOOO)c2ccc3ccccc3c21. The lowest BCUT2D eigenvalue weighted by molar-refractivity contribution is -0.438. The number of nitrogens with zero attached hydrogens (tertiary/aromatic N) is 2. The Morgan fingerprint density at radius 3 is 2.28 bits per heavy atom. The van der Waals surface area contributed by atoms with Gasteiger partial charge < -0.3 is 14.7 Å². The number of allylic oxidation sites excluding steroid dienone is 6. The van der Waals surface area contributed by atoms with Gasteiger partial charge in [-0.2, -0.15) is 13.0 Å². The Morgan fingerprint density at radius 2 is 1.56 bits per heavy atom. The van der Waals surface area contributed by atoms with Gasteiger partial charge in [-0.1, -0.05) is 91.7 Å². The molecule has 61 heavy (non-hydrogen) atoms. The Balaban J connectivity index is 1.36. The van der Waals surface area contributed by atoms with E-state index in [4.69, 9.17) is 14.3 Å². The second-order valence-corrected chi connectivity index (χ2v) is 18.9. The number of benzene rings is 5. The highest BCUT2D eigenvalue weighted by molar-refractivity contribution is 7.94. The van der Waals surface area contributed by atoms with Gasteiger partial charge in [0.15, 0.2) is 5.71 Å². The Labute approximate surface area is 363 Å². The maximum absolute atomic E-state index is 11.9. The molecule has 0 saturated heterocycles. The standard InChI is InChI=1S/C49H54N2O8S2/c1-48(2)44(50(28-12-32-60-59-58-53)42-24-20-36-14-5-7-18-40(36)46(42)48)26-22-35(38-16-11-17-39(34-38)57-31-10-9-30-52)23-27-45-49(3,4)47-41-19-8-6-15-37(41)21-25-43(47)51(45)29-13-33-61(54,55)56/h5-8,11,14-27,34,52H,9-10,12-13,28-33H2,1-4H3,(H-,53,54,55,56)/p+1. The number of rotatable bonds is 19. The molecular formula is C49H55N2O8S2+. The van der Waals surface area contributed by atoms with Crippen LogP contribution in [0.1, 0.15) is 70.1 Å². The Kier molecular flexibility index (Phi) is 13.8. The first kappa shape index (κ1) is 44.3. The van der Waals surface area contributed by atoms with Crippen molar-refractivity contribution in [3.8, 4) is 5.75 Å². The van der Waals surface area contributed by atoms with Crippen LogP contribution in [0.15, 0.2) is 127 Å². The molecule has 0 aliphatic carbocycles. The van der Waals surface area contributed by atoms with Crippen LogP contribution in [0, 0.1) is 0 Å². The van der Waals surface area contributed by atoms with Gasteiger partial charge in [0.25, 0.3) is 10.1 Å². The van der Waals surface area contributed by atoms with E-state index in [0.717, 1.165) is 75.3 Å². The lowest BCUT2D eigenvalue weighted by atomic mass is 9.79. The molecule has 0 amide bonds. The van der Waals surface area contributed by atoms with Gasteiger partial charge in [0.1, 0.15) is 12.3 Å². The quantitative estimate of drug-likeness (QED) is 0.0140. The van der Waals surface area contributed by atoms with Gasteiger partial charge in [0, 0.05) is 71.9 Å². The van der Waals surface area contributed by atoms with Crippen molar-refractivity contribution in [3.05, 3.63) is 144 Å². The lowest BCUT2D eigenvalue weighted by Crippen LogP contribution is -2.28. The second kappa shape index (κ2) is 19.1. The van der Waals surface area contributed by atoms with Crippen molar-refractivity contribution < 1.29 is 42.0 Å². The Morgan fingerprint density at radius 1 is 0.836 bits per heavy atom. The number of aliphatic hydroxyl groups is 1. The highest BCUT2D eigenvalue weighted by Gasteiger charge is 2.45. The molecule has 0 bridgehead atoms. The van der Waals surface area contributed by atoms with Gasteiger partial charge in [-0.15, -0.1) is 4.33 Å². The molecule has 10 nitrogen and oxygen atoms in total. The third kappa shape index (κ3) is 9.66. The van der Waals surface area contributed by atoms with Crippen LogP contribution >= 0.6 is 12.0 Å². The van der Waals surface area contributed by atoms with Crippen molar-refractivity contribution in [3.63, 3.8) is 0 Å². The van der Waals surface area contributed by atoms with Gasteiger partial charge in [-0.05, 0) is 108 Å². The van der Waals surface area contributed by atoms with Crippen LogP contribution in [0.5, 0.6) is 5.75 Å². The van der Waals surface area contributed by atoms with E-state index in [0.29, 0.717) is 31.9 Å². The molecule has 0 spiro atoms. The first-order valence-electron chi connectivity index (χ1n) is 20.8. The predicted molar refractivity (Wildman–Crippen MR) is 247 cm³/mol. The maximum atomic E-state index is 11.9. The van der Waals surface area contributed by atoms with Crippen LogP contribution in [0.3, 0.4) is 0 Å². The van der Waals surface area contributed by atoms with E-state index in [9.17, 15) is 18.1 Å². The molecule has 0 atom stereocenters.